The van der Waals surface area contributed by atoms with Crippen LogP contribution in [0.15, 0.2) is 22.0 Å². The van der Waals surface area contributed by atoms with Crippen LogP contribution in [0.1, 0.15) is 68.4 Å². The molecule has 1 aromatic carbocycles. The quantitative estimate of drug-likeness (QED) is 0.522. The fourth-order valence-corrected chi connectivity index (χ4v) is 9.00. The highest BCUT2D eigenvalue weighted by Gasteiger charge is 2.48. The monoisotopic (exact) mass is 516 g/mol. The van der Waals surface area contributed by atoms with E-state index in [2.05, 4.69) is 51.0 Å². The molecule has 1 aromatic heterocycles. The number of halogens is 1. The van der Waals surface area contributed by atoms with E-state index in [1.165, 1.54) is 63.8 Å². The molecule has 2 aliphatic carbocycles. The summed E-state index contributed by atoms with van der Waals surface area (Å²) in [6.07, 6.45) is 10.1. The van der Waals surface area contributed by atoms with E-state index in [0.29, 0.717) is 18.0 Å². The molecule has 3 fully saturated rings. The van der Waals surface area contributed by atoms with Gasteiger partial charge in [0.25, 0.3) is 0 Å². The average Bonchev–Trinajstić information content (AvgIpc) is 3.56. The molecule has 2 saturated heterocycles. The van der Waals surface area contributed by atoms with E-state index in [1.807, 2.05) is 0 Å². The molecule has 4 atom stereocenters. The highest BCUT2D eigenvalue weighted by Crippen LogP contribution is 2.47. The first kappa shape index (κ1) is 21.6. The Morgan fingerprint density at radius 3 is 2.84 bits per heavy atom. The molecule has 0 radical (unpaired) electrons. The largest absolute Gasteiger partial charge is 0.375 e. The summed E-state index contributed by atoms with van der Waals surface area (Å²) in [5.74, 6) is 0.304. The molecule has 0 N–H and O–H groups in total. The summed E-state index contributed by atoms with van der Waals surface area (Å²) >= 11 is 5.57. The van der Waals surface area contributed by atoms with E-state index < -0.39 is 0 Å². The zero-order chi connectivity index (χ0) is 21.9. The molecule has 3 heterocycles. The minimum Gasteiger partial charge on any atom is -0.375 e. The third-order valence-electron chi connectivity index (χ3n) is 8.71. The number of aryl methyl sites for hydroxylation is 1. The molecule has 0 bridgehead atoms. The SMILES string of the molecule is CN(C(=O)[C@H]1CCc2c(Br)sc3cccc1c23)[C@H]1CC[C@]2(CCCO2)C[C@@H]1N1CCCC1. The van der Waals surface area contributed by atoms with Crippen molar-refractivity contribution in [1.29, 1.82) is 0 Å². The first-order valence-electron chi connectivity index (χ1n) is 12.4. The zero-order valence-electron chi connectivity index (χ0n) is 18.9. The number of rotatable bonds is 3. The summed E-state index contributed by atoms with van der Waals surface area (Å²) in [7, 11) is 2.09. The van der Waals surface area contributed by atoms with Crippen LogP contribution in [0, 0.1) is 0 Å². The molecular weight excluding hydrogens is 484 g/mol. The van der Waals surface area contributed by atoms with Crippen molar-refractivity contribution in [3.05, 3.63) is 33.1 Å². The summed E-state index contributed by atoms with van der Waals surface area (Å²) in [4.78, 5) is 18.8. The Morgan fingerprint density at radius 2 is 2.06 bits per heavy atom. The van der Waals surface area contributed by atoms with Gasteiger partial charge < -0.3 is 9.64 Å². The second kappa shape index (κ2) is 8.37. The van der Waals surface area contributed by atoms with E-state index in [0.717, 1.165) is 38.7 Å². The maximum absolute atomic E-state index is 14.0. The minimum atomic E-state index is -0.0180. The Bertz CT molecular complexity index is 1020. The van der Waals surface area contributed by atoms with Crippen molar-refractivity contribution in [2.24, 2.45) is 0 Å². The van der Waals surface area contributed by atoms with Gasteiger partial charge in [-0.3, -0.25) is 9.69 Å². The summed E-state index contributed by atoms with van der Waals surface area (Å²) in [6, 6.07) is 7.25. The molecular formula is C26H33BrN2O2S. The second-order valence-electron chi connectivity index (χ2n) is 10.4. The van der Waals surface area contributed by atoms with Gasteiger partial charge in [0.15, 0.2) is 0 Å². The van der Waals surface area contributed by atoms with Gasteiger partial charge in [0.2, 0.25) is 5.91 Å². The Labute approximate surface area is 203 Å². The fraction of sp³-hybridized carbons (Fsp3) is 0.654. The number of amides is 1. The van der Waals surface area contributed by atoms with E-state index in [9.17, 15) is 4.79 Å². The van der Waals surface area contributed by atoms with Crippen molar-refractivity contribution in [2.45, 2.75) is 81.4 Å². The van der Waals surface area contributed by atoms with Gasteiger partial charge in [-0.1, -0.05) is 12.1 Å². The summed E-state index contributed by atoms with van der Waals surface area (Å²) < 4.78 is 8.86. The van der Waals surface area contributed by atoms with Crippen LogP contribution < -0.4 is 0 Å². The van der Waals surface area contributed by atoms with Crippen LogP contribution in [0.5, 0.6) is 0 Å². The number of hydrogen-bond acceptors (Lipinski definition) is 4. The van der Waals surface area contributed by atoms with Gasteiger partial charge in [0, 0.05) is 35.8 Å². The van der Waals surface area contributed by atoms with Crippen molar-refractivity contribution in [2.75, 3.05) is 26.7 Å². The molecule has 2 aliphatic heterocycles. The van der Waals surface area contributed by atoms with Crippen LogP contribution in [-0.4, -0.2) is 60.1 Å². The third-order valence-corrected chi connectivity index (χ3v) is 10.7. The van der Waals surface area contributed by atoms with Crippen molar-refractivity contribution in [3.8, 4) is 0 Å². The highest BCUT2D eigenvalue weighted by molar-refractivity contribution is 9.11. The number of carbonyl (C=O) groups is 1. The van der Waals surface area contributed by atoms with Gasteiger partial charge in [-0.15, -0.1) is 11.3 Å². The molecule has 1 spiro atoms. The number of benzene rings is 1. The van der Waals surface area contributed by atoms with Crippen molar-refractivity contribution >= 4 is 43.3 Å². The Hall–Kier alpha value is -0.950. The predicted molar refractivity (Wildman–Crippen MR) is 134 cm³/mol. The van der Waals surface area contributed by atoms with Gasteiger partial charge >= 0.3 is 0 Å². The van der Waals surface area contributed by atoms with Gasteiger partial charge in [-0.2, -0.15) is 0 Å². The minimum absolute atomic E-state index is 0.0180. The van der Waals surface area contributed by atoms with Crippen LogP contribution in [-0.2, 0) is 16.0 Å². The van der Waals surface area contributed by atoms with Crippen LogP contribution >= 0.6 is 27.3 Å². The number of carbonyl (C=O) groups excluding carboxylic acids is 1. The highest BCUT2D eigenvalue weighted by atomic mass is 79.9. The molecule has 4 aliphatic rings. The summed E-state index contributed by atoms with van der Waals surface area (Å²) in [5, 5.41) is 1.33. The number of hydrogen-bond donors (Lipinski definition) is 0. The van der Waals surface area contributed by atoms with E-state index in [1.54, 1.807) is 11.3 Å². The number of ether oxygens (including phenoxy) is 1. The number of likely N-dealkylation sites (N-methyl/N-ethyl adjacent to an activating group) is 1. The molecule has 6 heteroatoms. The van der Waals surface area contributed by atoms with E-state index >= 15 is 0 Å². The first-order valence-corrected chi connectivity index (χ1v) is 14.0. The van der Waals surface area contributed by atoms with Crippen molar-refractivity contribution < 1.29 is 9.53 Å². The first-order chi connectivity index (χ1) is 15.6. The smallest absolute Gasteiger partial charge is 0.230 e. The average molecular weight is 518 g/mol. The lowest BCUT2D eigenvalue weighted by molar-refractivity contribution is -0.139. The standard InChI is InChI=1S/C26H33BrN2O2S/c1-28(20-10-12-26(11-5-15-31-26)16-21(20)29-13-2-3-14-29)25(30)18-8-9-19-23-17(18)6-4-7-22(23)32-24(19)27/h4,6-7,18,20-21H,2-3,5,8-16H2,1H3/t18-,20-,21-,26+/m0/s1. The Kier molecular flexibility index (Phi) is 5.64. The van der Waals surface area contributed by atoms with Gasteiger partial charge in [-0.05, 0) is 104 Å². The number of thiophene rings is 1. The van der Waals surface area contributed by atoms with Crippen molar-refractivity contribution in [1.82, 2.24) is 9.80 Å². The lowest BCUT2D eigenvalue weighted by atomic mass is 9.75. The van der Waals surface area contributed by atoms with E-state index in [4.69, 9.17) is 4.74 Å². The molecule has 172 valence electrons. The maximum atomic E-state index is 14.0. The fourth-order valence-electron chi connectivity index (χ4n) is 7.07. The van der Waals surface area contributed by atoms with Crippen molar-refractivity contribution in [3.63, 3.8) is 0 Å². The zero-order valence-corrected chi connectivity index (χ0v) is 21.3. The molecule has 32 heavy (non-hydrogen) atoms. The molecule has 2 aromatic rings. The molecule has 1 amide bonds. The van der Waals surface area contributed by atoms with Gasteiger partial charge in [0.05, 0.1) is 15.3 Å². The number of nitrogens with zero attached hydrogens (tertiary/aromatic N) is 2. The topological polar surface area (TPSA) is 32.8 Å². The lowest BCUT2D eigenvalue weighted by Crippen LogP contribution is -2.58. The van der Waals surface area contributed by atoms with Gasteiger partial charge in [-0.25, -0.2) is 0 Å². The Balaban J connectivity index is 1.29. The maximum Gasteiger partial charge on any atom is 0.230 e. The Morgan fingerprint density at radius 1 is 1.22 bits per heavy atom. The second-order valence-corrected chi connectivity index (χ2v) is 12.7. The number of likely N-dealkylation sites (tertiary alicyclic amines) is 1. The third kappa shape index (κ3) is 3.48. The molecule has 4 nitrogen and oxygen atoms in total. The van der Waals surface area contributed by atoms with Crippen LogP contribution in [0.2, 0.25) is 0 Å². The normalized spacial score (nSPS) is 32.8. The van der Waals surface area contributed by atoms with Gasteiger partial charge in [0.1, 0.15) is 0 Å². The van der Waals surface area contributed by atoms with Crippen LogP contribution in [0.25, 0.3) is 10.1 Å². The summed E-state index contributed by atoms with van der Waals surface area (Å²) in [6.45, 7) is 3.26. The predicted octanol–water partition coefficient (Wildman–Crippen LogP) is 5.72. The lowest BCUT2D eigenvalue weighted by Gasteiger charge is -2.49. The molecule has 6 rings (SSSR count). The van der Waals surface area contributed by atoms with Crippen LogP contribution in [0.3, 0.4) is 0 Å². The molecule has 0 unspecified atom stereocenters. The summed E-state index contributed by atoms with van der Waals surface area (Å²) in [5.41, 5.74) is 2.72. The molecule has 1 saturated carbocycles. The van der Waals surface area contributed by atoms with E-state index in [-0.39, 0.29) is 11.5 Å². The van der Waals surface area contributed by atoms with Crippen LogP contribution in [0.4, 0.5) is 0 Å².